The van der Waals surface area contributed by atoms with Crippen LogP contribution >= 0.6 is 0 Å². The molecule has 0 spiro atoms. The standard InChI is InChI=1S/C21H20N6/c1-4-13(2)7-14(10-22-3)15-8-17-20(26-27-21(17)24-12-15)19-9-16-11-23-6-5-18(16)25-19/h4-13,25H,1H2,2-3H3,(H,24,26,27)/b14-7+,22-10?/t13-/m0/s1. The van der Waals surface area contributed by atoms with Gasteiger partial charge in [0.2, 0.25) is 0 Å². The molecule has 0 fully saturated rings. The first-order chi connectivity index (χ1) is 13.2. The predicted molar refractivity (Wildman–Crippen MR) is 111 cm³/mol. The number of hydrogen-bond donors (Lipinski definition) is 2. The van der Waals surface area contributed by atoms with Gasteiger partial charge in [0.15, 0.2) is 5.65 Å². The number of nitrogens with one attached hydrogen (secondary N) is 2. The molecule has 0 amide bonds. The number of aromatic amines is 2. The average molecular weight is 356 g/mol. The van der Waals surface area contributed by atoms with Crippen LogP contribution in [0, 0.1) is 5.92 Å². The maximum Gasteiger partial charge on any atom is 0.181 e. The van der Waals surface area contributed by atoms with E-state index in [1.807, 2.05) is 30.8 Å². The Kier molecular flexibility index (Phi) is 4.38. The Morgan fingerprint density at radius 2 is 2.19 bits per heavy atom. The number of pyridine rings is 2. The highest BCUT2D eigenvalue weighted by Crippen LogP contribution is 2.29. The van der Waals surface area contributed by atoms with Crippen LogP contribution in [-0.2, 0) is 0 Å². The number of nitrogens with zero attached hydrogens (tertiary/aromatic N) is 4. The molecule has 2 N–H and O–H groups in total. The second kappa shape index (κ2) is 6.99. The van der Waals surface area contributed by atoms with E-state index in [4.69, 9.17) is 0 Å². The number of aliphatic imine (C=N–C) groups is 1. The fraction of sp³-hybridized carbons (Fsp3) is 0.143. The average Bonchev–Trinajstić information content (AvgIpc) is 3.30. The molecule has 1 atom stereocenters. The number of aromatic nitrogens is 5. The number of fused-ring (bicyclic) bond motifs is 2. The van der Waals surface area contributed by atoms with Gasteiger partial charge < -0.3 is 4.98 Å². The van der Waals surface area contributed by atoms with Gasteiger partial charge in [-0.3, -0.25) is 15.1 Å². The van der Waals surface area contributed by atoms with Crippen molar-refractivity contribution in [3.63, 3.8) is 0 Å². The molecule has 4 aromatic heterocycles. The van der Waals surface area contributed by atoms with Crippen molar-refractivity contribution in [3.05, 3.63) is 61.1 Å². The molecule has 0 unspecified atom stereocenters. The molecule has 134 valence electrons. The molecule has 0 saturated carbocycles. The van der Waals surface area contributed by atoms with Crippen LogP contribution in [-0.4, -0.2) is 38.4 Å². The third kappa shape index (κ3) is 3.17. The van der Waals surface area contributed by atoms with Gasteiger partial charge in [-0.2, -0.15) is 5.10 Å². The van der Waals surface area contributed by atoms with E-state index in [0.717, 1.165) is 38.8 Å². The quantitative estimate of drug-likeness (QED) is 0.410. The van der Waals surface area contributed by atoms with Crippen LogP contribution in [0.1, 0.15) is 12.5 Å². The van der Waals surface area contributed by atoms with E-state index in [1.54, 1.807) is 13.2 Å². The summed E-state index contributed by atoms with van der Waals surface area (Å²) in [6.45, 7) is 5.94. The number of H-pyrrole nitrogens is 2. The van der Waals surface area contributed by atoms with E-state index in [9.17, 15) is 0 Å². The van der Waals surface area contributed by atoms with Crippen LogP contribution in [0.25, 0.3) is 38.9 Å². The molecule has 0 aliphatic heterocycles. The minimum atomic E-state index is 0.235. The smallest absolute Gasteiger partial charge is 0.181 e. The summed E-state index contributed by atoms with van der Waals surface area (Å²) < 4.78 is 0. The van der Waals surface area contributed by atoms with Crippen molar-refractivity contribution in [2.24, 2.45) is 10.9 Å². The fourth-order valence-corrected chi connectivity index (χ4v) is 3.07. The Labute approximate surface area is 156 Å². The molecule has 0 aliphatic rings. The monoisotopic (exact) mass is 356 g/mol. The van der Waals surface area contributed by atoms with Crippen molar-refractivity contribution in [3.8, 4) is 11.4 Å². The first-order valence-corrected chi connectivity index (χ1v) is 8.73. The normalized spacial score (nSPS) is 13.6. The number of rotatable bonds is 5. The van der Waals surface area contributed by atoms with Crippen LogP contribution in [0.5, 0.6) is 0 Å². The Balaban J connectivity index is 1.85. The van der Waals surface area contributed by atoms with Gasteiger partial charge >= 0.3 is 0 Å². The molecule has 6 heteroatoms. The largest absolute Gasteiger partial charge is 0.353 e. The first-order valence-electron chi connectivity index (χ1n) is 8.73. The highest BCUT2D eigenvalue weighted by Gasteiger charge is 2.13. The Bertz CT molecular complexity index is 1140. The molecule has 27 heavy (non-hydrogen) atoms. The molecular formula is C21H20N6. The second-order valence-corrected chi connectivity index (χ2v) is 6.44. The van der Waals surface area contributed by atoms with E-state index in [1.165, 1.54) is 0 Å². The first kappa shape index (κ1) is 16.9. The van der Waals surface area contributed by atoms with Gasteiger partial charge in [-0.05, 0) is 29.7 Å². The van der Waals surface area contributed by atoms with E-state index in [2.05, 4.69) is 61.9 Å². The van der Waals surface area contributed by atoms with Crippen LogP contribution in [0.3, 0.4) is 0 Å². The lowest BCUT2D eigenvalue weighted by molar-refractivity contribution is 0.947. The van der Waals surface area contributed by atoms with E-state index < -0.39 is 0 Å². The minimum absolute atomic E-state index is 0.235. The van der Waals surface area contributed by atoms with Gasteiger partial charge in [-0.25, -0.2) is 4.98 Å². The van der Waals surface area contributed by atoms with Crippen molar-refractivity contribution < 1.29 is 0 Å². The maximum absolute atomic E-state index is 4.52. The Hall–Kier alpha value is -3.54. The molecule has 0 aliphatic carbocycles. The molecule has 0 radical (unpaired) electrons. The Morgan fingerprint density at radius 1 is 1.30 bits per heavy atom. The zero-order chi connectivity index (χ0) is 18.8. The van der Waals surface area contributed by atoms with Crippen LogP contribution < -0.4 is 0 Å². The topological polar surface area (TPSA) is 82.6 Å². The summed E-state index contributed by atoms with van der Waals surface area (Å²) >= 11 is 0. The zero-order valence-electron chi connectivity index (χ0n) is 15.3. The molecule has 0 aromatic carbocycles. The molecule has 4 rings (SSSR count). The third-order valence-electron chi connectivity index (χ3n) is 4.52. The second-order valence-electron chi connectivity index (χ2n) is 6.44. The summed E-state index contributed by atoms with van der Waals surface area (Å²) in [6.07, 6.45) is 11.3. The maximum atomic E-state index is 4.52. The fourth-order valence-electron chi connectivity index (χ4n) is 3.07. The minimum Gasteiger partial charge on any atom is -0.353 e. The summed E-state index contributed by atoms with van der Waals surface area (Å²) in [6, 6.07) is 6.11. The molecule has 4 aromatic rings. The molecule has 6 nitrogen and oxygen atoms in total. The lowest BCUT2D eigenvalue weighted by Crippen LogP contribution is -1.92. The number of allylic oxidation sites excluding steroid dienone is 3. The highest BCUT2D eigenvalue weighted by atomic mass is 15.2. The van der Waals surface area contributed by atoms with E-state index in [0.29, 0.717) is 5.65 Å². The van der Waals surface area contributed by atoms with E-state index in [-0.39, 0.29) is 5.92 Å². The van der Waals surface area contributed by atoms with Crippen LogP contribution in [0.2, 0.25) is 0 Å². The van der Waals surface area contributed by atoms with Gasteiger partial charge in [0, 0.05) is 53.7 Å². The van der Waals surface area contributed by atoms with Gasteiger partial charge in [0.1, 0.15) is 0 Å². The number of hydrogen-bond acceptors (Lipinski definition) is 4. The van der Waals surface area contributed by atoms with Gasteiger partial charge in [0.05, 0.1) is 11.4 Å². The van der Waals surface area contributed by atoms with Crippen molar-refractivity contribution in [1.29, 1.82) is 0 Å². The zero-order valence-corrected chi connectivity index (χ0v) is 15.3. The summed E-state index contributed by atoms with van der Waals surface area (Å²) in [7, 11) is 1.76. The third-order valence-corrected chi connectivity index (χ3v) is 4.52. The summed E-state index contributed by atoms with van der Waals surface area (Å²) in [5.74, 6) is 0.235. The summed E-state index contributed by atoms with van der Waals surface area (Å²) in [4.78, 5) is 16.3. The summed E-state index contributed by atoms with van der Waals surface area (Å²) in [5.41, 5.74) is 5.56. The van der Waals surface area contributed by atoms with Crippen LogP contribution in [0.4, 0.5) is 0 Å². The molecular weight excluding hydrogens is 336 g/mol. The predicted octanol–water partition coefficient (Wildman–Crippen LogP) is 4.41. The van der Waals surface area contributed by atoms with E-state index >= 15 is 0 Å². The SMILES string of the molecule is C=C[C@H](C)/C=C(\C=NC)c1cnc2n[nH]c(-c3cc4cnccc4[nH]3)c2c1. The molecule has 0 saturated heterocycles. The summed E-state index contributed by atoms with van der Waals surface area (Å²) in [5, 5.41) is 9.46. The Morgan fingerprint density at radius 3 is 2.96 bits per heavy atom. The lowest BCUT2D eigenvalue weighted by Gasteiger charge is -2.05. The van der Waals surface area contributed by atoms with Gasteiger partial charge in [0.25, 0.3) is 0 Å². The molecule has 0 bridgehead atoms. The van der Waals surface area contributed by atoms with Crippen molar-refractivity contribution in [2.45, 2.75) is 6.92 Å². The van der Waals surface area contributed by atoms with Crippen molar-refractivity contribution in [1.82, 2.24) is 25.1 Å². The molecule has 4 heterocycles. The van der Waals surface area contributed by atoms with Gasteiger partial charge in [-0.15, -0.1) is 6.58 Å². The lowest BCUT2D eigenvalue weighted by atomic mass is 10.0. The van der Waals surface area contributed by atoms with Crippen molar-refractivity contribution >= 4 is 33.7 Å². The highest BCUT2D eigenvalue weighted by molar-refractivity contribution is 6.11. The van der Waals surface area contributed by atoms with Crippen LogP contribution in [0.15, 0.2) is 60.5 Å². The van der Waals surface area contributed by atoms with Gasteiger partial charge in [-0.1, -0.05) is 19.1 Å². The van der Waals surface area contributed by atoms with Crippen molar-refractivity contribution in [2.75, 3.05) is 7.05 Å².